The number of rotatable bonds is 2. The first-order chi connectivity index (χ1) is 8.38. The zero-order chi connectivity index (χ0) is 13.3. The predicted molar refractivity (Wildman–Crippen MR) is 72.7 cm³/mol. The molecule has 3 nitrogen and oxygen atoms in total. The van der Waals surface area contributed by atoms with Crippen molar-refractivity contribution in [2.75, 3.05) is 0 Å². The van der Waals surface area contributed by atoms with E-state index in [4.69, 9.17) is 0 Å². The van der Waals surface area contributed by atoms with Crippen molar-refractivity contribution in [1.82, 2.24) is 9.78 Å². The summed E-state index contributed by atoms with van der Waals surface area (Å²) in [5.41, 5.74) is 2.56. The normalized spacial score (nSPS) is 11.6. The van der Waals surface area contributed by atoms with Crippen LogP contribution in [-0.4, -0.2) is 15.6 Å². The molecule has 0 spiro atoms. The zero-order valence-corrected chi connectivity index (χ0v) is 11.3. The van der Waals surface area contributed by atoms with Gasteiger partial charge in [0.25, 0.3) is 0 Å². The number of ketones is 1. The molecular weight excluding hydrogens is 224 g/mol. The van der Waals surface area contributed by atoms with Crippen molar-refractivity contribution in [2.24, 2.45) is 0 Å². The quantitative estimate of drug-likeness (QED) is 0.755. The second-order valence-electron chi connectivity index (χ2n) is 5.45. The fourth-order valence-electron chi connectivity index (χ4n) is 1.75. The monoisotopic (exact) mass is 242 g/mol. The van der Waals surface area contributed by atoms with Gasteiger partial charge in [-0.15, -0.1) is 0 Å². The van der Waals surface area contributed by atoms with Crippen LogP contribution in [0.25, 0.3) is 11.3 Å². The Kier molecular flexibility index (Phi) is 3.07. The molecule has 0 aliphatic rings. The second kappa shape index (κ2) is 4.41. The third-order valence-electron chi connectivity index (χ3n) is 2.84. The highest BCUT2D eigenvalue weighted by atomic mass is 16.1. The summed E-state index contributed by atoms with van der Waals surface area (Å²) in [5, 5.41) is 4.56. The molecule has 94 valence electrons. The van der Waals surface area contributed by atoms with E-state index in [0.717, 1.165) is 16.8 Å². The summed E-state index contributed by atoms with van der Waals surface area (Å²) < 4.78 is 1.93. The topological polar surface area (TPSA) is 34.9 Å². The van der Waals surface area contributed by atoms with Crippen LogP contribution < -0.4 is 0 Å². The maximum atomic E-state index is 11.4. The maximum Gasteiger partial charge on any atom is 0.159 e. The molecule has 1 aromatic heterocycles. The Balaban J connectivity index is 2.40. The molecule has 0 saturated carbocycles. The van der Waals surface area contributed by atoms with Gasteiger partial charge in [0.05, 0.1) is 11.2 Å². The SMILES string of the molecule is CC(=O)c1cccc(-c2ccn(C(C)(C)C)n2)c1. The van der Waals surface area contributed by atoms with Crippen LogP contribution >= 0.6 is 0 Å². The molecule has 0 atom stereocenters. The van der Waals surface area contributed by atoms with Gasteiger partial charge in [0.15, 0.2) is 5.78 Å². The third kappa shape index (κ3) is 2.50. The van der Waals surface area contributed by atoms with E-state index in [1.165, 1.54) is 0 Å². The molecule has 0 saturated heterocycles. The van der Waals surface area contributed by atoms with E-state index in [2.05, 4.69) is 25.9 Å². The van der Waals surface area contributed by atoms with Gasteiger partial charge in [-0.25, -0.2) is 0 Å². The average molecular weight is 242 g/mol. The van der Waals surface area contributed by atoms with Gasteiger partial charge in [0, 0.05) is 17.3 Å². The fraction of sp³-hybridized carbons (Fsp3) is 0.333. The number of nitrogens with zero attached hydrogens (tertiary/aromatic N) is 2. The molecular formula is C15H18N2O. The summed E-state index contributed by atoms with van der Waals surface area (Å²) in [6.45, 7) is 7.90. The first kappa shape index (κ1) is 12.6. The van der Waals surface area contributed by atoms with Crippen LogP contribution in [0.15, 0.2) is 36.5 Å². The smallest absolute Gasteiger partial charge is 0.159 e. The van der Waals surface area contributed by atoms with E-state index in [1.54, 1.807) is 6.92 Å². The van der Waals surface area contributed by atoms with Gasteiger partial charge in [-0.1, -0.05) is 18.2 Å². The van der Waals surface area contributed by atoms with Gasteiger partial charge in [-0.05, 0) is 39.8 Å². The van der Waals surface area contributed by atoms with Crippen LogP contribution in [0.3, 0.4) is 0 Å². The highest BCUT2D eigenvalue weighted by Crippen LogP contribution is 2.21. The van der Waals surface area contributed by atoms with Gasteiger partial charge in [-0.2, -0.15) is 5.10 Å². The lowest BCUT2D eigenvalue weighted by Gasteiger charge is -2.18. The number of benzene rings is 1. The van der Waals surface area contributed by atoms with Gasteiger partial charge in [-0.3, -0.25) is 9.48 Å². The summed E-state index contributed by atoms with van der Waals surface area (Å²) in [6.07, 6.45) is 1.97. The highest BCUT2D eigenvalue weighted by molar-refractivity contribution is 5.95. The molecule has 0 unspecified atom stereocenters. The highest BCUT2D eigenvalue weighted by Gasteiger charge is 2.14. The van der Waals surface area contributed by atoms with Crippen molar-refractivity contribution in [3.8, 4) is 11.3 Å². The van der Waals surface area contributed by atoms with Crippen LogP contribution in [0, 0.1) is 0 Å². The van der Waals surface area contributed by atoms with Crippen LogP contribution in [-0.2, 0) is 5.54 Å². The number of hydrogen-bond donors (Lipinski definition) is 0. The fourth-order valence-corrected chi connectivity index (χ4v) is 1.75. The molecule has 0 N–H and O–H groups in total. The van der Waals surface area contributed by atoms with Crippen molar-refractivity contribution >= 4 is 5.78 Å². The maximum absolute atomic E-state index is 11.4. The number of hydrogen-bond acceptors (Lipinski definition) is 2. The molecule has 0 fully saturated rings. The first-order valence-electron chi connectivity index (χ1n) is 6.05. The van der Waals surface area contributed by atoms with E-state index in [-0.39, 0.29) is 11.3 Å². The molecule has 0 amide bonds. The van der Waals surface area contributed by atoms with Crippen LogP contribution in [0.2, 0.25) is 0 Å². The van der Waals surface area contributed by atoms with E-state index in [0.29, 0.717) is 0 Å². The van der Waals surface area contributed by atoms with Crippen molar-refractivity contribution in [3.05, 3.63) is 42.1 Å². The Hall–Kier alpha value is -1.90. The van der Waals surface area contributed by atoms with Crippen molar-refractivity contribution < 1.29 is 4.79 Å². The number of carbonyl (C=O) groups is 1. The number of carbonyl (C=O) groups excluding carboxylic acids is 1. The van der Waals surface area contributed by atoms with Crippen LogP contribution in [0.1, 0.15) is 38.1 Å². The second-order valence-corrected chi connectivity index (χ2v) is 5.45. The van der Waals surface area contributed by atoms with Crippen molar-refractivity contribution in [1.29, 1.82) is 0 Å². The minimum Gasteiger partial charge on any atom is -0.295 e. The molecule has 18 heavy (non-hydrogen) atoms. The lowest BCUT2D eigenvalue weighted by Crippen LogP contribution is -2.22. The standard InChI is InChI=1S/C15H18N2O/c1-11(18)12-6-5-7-13(10-12)14-8-9-17(16-14)15(2,3)4/h5-10H,1-4H3. The molecule has 0 aliphatic heterocycles. The summed E-state index contributed by atoms with van der Waals surface area (Å²) in [6, 6.07) is 9.55. The molecule has 2 rings (SSSR count). The van der Waals surface area contributed by atoms with Gasteiger partial charge >= 0.3 is 0 Å². The van der Waals surface area contributed by atoms with Crippen LogP contribution in [0.4, 0.5) is 0 Å². The Morgan fingerprint density at radius 2 is 1.94 bits per heavy atom. The van der Waals surface area contributed by atoms with E-state index < -0.39 is 0 Å². The molecule has 1 heterocycles. The molecule has 0 radical (unpaired) electrons. The summed E-state index contributed by atoms with van der Waals surface area (Å²) in [4.78, 5) is 11.4. The van der Waals surface area contributed by atoms with E-state index in [1.807, 2.05) is 41.2 Å². The molecule has 0 bridgehead atoms. The lowest BCUT2D eigenvalue weighted by molar-refractivity contribution is 0.101. The first-order valence-corrected chi connectivity index (χ1v) is 6.05. The minimum atomic E-state index is -0.0313. The zero-order valence-electron chi connectivity index (χ0n) is 11.3. The third-order valence-corrected chi connectivity index (χ3v) is 2.84. The molecule has 2 aromatic rings. The van der Waals surface area contributed by atoms with Gasteiger partial charge in [0.1, 0.15) is 0 Å². The Morgan fingerprint density at radius 3 is 2.50 bits per heavy atom. The summed E-state index contributed by atoms with van der Waals surface area (Å²) in [5.74, 6) is 0.0760. The largest absolute Gasteiger partial charge is 0.295 e. The Labute approximate surface area is 107 Å². The molecule has 1 aromatic carbocycles. The average Bonchev–Trinajstić information content (AvgIpc) is 2.78. The van der Waals surface area contributed by atoms with E-state index >= 15 is 0 Å². The summed E-state index contributed by atoms with van der Waals surface area (Å²) in [7, 11) is 0. The number of aromatic nitrogens is 2. The molecule has 0 aliphatic carbocycles. The Bertz CT molecular complexity index is 576. The number of Topliss-reactive ketones (excluding diaryl/α,β-unsaturated/α-hetero) is 1. The summed E-state index contributed by atoms with van der Waals surface area (Å²) >= 11 is 0. The van der Waals surface area contributed by atoms with Gasteiger partial charge < -0.3 is 0 Å². The lowest BCUT2D eigenvalue weighted by atomic mass is 10.1. The minimum absolute atomic E-state index is 0.0313. The van der Waals surface area contributed by atoms with Gasteiger partial charge in [0.2, 0.25) is 0 Å². The van der Waals surface area contributed by atoms with Crippen molar-refractivity contribution in [2.45, 2.75) is 33.2 Å². The van der Waals surface area contributed by atoms with Crippen LogP contribution in [0.5, 0.6) is 0 Å². The predicted octanol–water partition coefficient (Wildman–Crippen LogP) is 3.51. The van der Waals surface area contributed by atoms with E-state index in [9.17, 15) is 4.79 Å². The Morgan fingerprint density at radius 1 is 1.22 bits per heavy atom. The molecule has 3 heteroatoms. The van der Waals surface area contributed by atoms with Crippen molar-refractivity contribution in [3.63, 3.8) is 0 Å².